The first-order valence-corrected chi connectivity index (χ1v) is 8.20. The second kappa shape index (κ2) is 7.43. The summed E-state index contributed by atoms with van der Waals surface area (Å²) in [4.78, 5) is 2.46. The van der Waals surface area contributed by atoms with Crippen LogP contribution in [0.25, 0.3) is 0 Å². The van der Waals surface area contributed by atoms with Gasteiger partial charge in [0, 0.05) is 25.7 Å². The average Bonchev–Trinajstić information content (AvgIpc) is 2.77. The molecule has 1 aliphatic heterocycles. The van der Waals surface area contributed by atoms with Crippen molar-refractivity contribution in [1.82, 2.24) is 20.0 Å². The zero-order valence-electron chi connectivity index (χ0n) is 13.0. The van der Waals surface area contributed by atoms with Crippen molar-refractivity contribution in [3.8, 4) is 0 Å². The number of halogens is 1. The van der Waals surface area contributed by atoms with Gasteiger partial charge in [-0.25, -0.2) is 0 Å². The summed E-state index contributed by atoms with van der Waals surface area (Å²) in [7, 11) is 2.23. The zero-order chi connectivity index (χ0) is 14.5. The van der Waals surface area contributed by atoms with Crippen molar-refractivity contribution in [2.24, 2.45) is 0 Å². The topological polar surface area (TPSA) is 33.1 Å². The number of aryl methyl sites for hydroxylation is 2. The number of nitrogens with zero attached hydrogens (tertiary/aromatic N) is 3. The quantitative estimate of drug-likeness (QED) is 0.876. The molecule has 0 aliphatic carbocycles. The molecule has 1 N–H and O–H groups in total. The lowest BCUT2D eigenvalue weighted by Gasteiger charge is -2.32. The smallest absolute Gasteiger partial charge is 0.0863 e. The van der Waals surface area contributed by atoms with Gasteiger partial charge in [0.1, 0.15) is 0 Å². The van der Waals surface area contributed by atoms with Crippen LogP contribution in [0, 0.1) is 0 Å². The Kier molecular flexibility index (Phi) is 5.87. The Bertz CT molecular complexity index is 430. The fourth-order valence-corrected chi connectivity index (χ4v) is 3.28. The maximum absolute atomic E-state index is 6.42. The lowest BCUT2D eigenvalue weighted by atomic mass is 10.0. The van der Waals surface area contributed by atoms with Crippen LogP contribution in [0.5, 0.6) is 0 Å². The maximum atomic E-state index is 6.42. The number of hydrogen-bond donors (Lipinski definition) is 1. The van der Waals surface area contributed by atoms with E-state index in [1.54, 1.807) is 0 Å². The Balaban J connectivity index is 1.91. The number of likely N-dealkylation sites (tertiary alicyclic amines) is 1. The second-order valence-corrected chi connectivity index (χ2v) is 6.02. The van der Waals surface area contributed by atoms with Crippen LogP contribution >= 0.6 is 11.6 Å². The highest BCUT2D eigenvalue weighted by Gasteiger charge is 2.19. The molecule has 0 amide bonds. The standard InChI is InChI=1S/C15H27ClN4/c1-4-13-15(16)14(20(5-2)18-13)11-17-10-12-8-6-7-9-19(12)3/h12,17H,4-11H2,1-3H3. The number of rotatable bonds is 6. The Morgan fingerprint density at radius 3 is 2.80 bits per heavy atom. The van der Waals surface area contributed by atoms with E-state index in [0.717, 1.165) is 42.5 Å². The fraction of sp³-hybridized carbons (Fsp3) is 0.800. The van der Waals surface area contributed by atoms with E-state index in [4.69, 9.17) is 11.6 Å². The summed E-state index contributed by atoms with van der Waals surface area (Å²) in [6.45, 7) is 8.15. The van der Waals surface area contributed by atoms with Crippen molar-refractivity contribution in [2.45, 2.75) is 58.7 Å². The highest BCUT2D eigenvalue weighted by Crippen LogP contribution is 2.21. The van der Waals surface area contributed by atoms with E-state index in [-0.39, 0.29) is 0 Å². The molecule has 0 bridgehead atoms. The van der Waals surface area contributed by atoms with Gasteiger partial charge in [-0.2, -0.15) is 5.10 Å². The number of nitrogens with one attached hydrogen (secondary N) is 1. The molecule has 5 heteroatoms. The van der Waals surface area contributed by atoms with Crippen LogP contribution in [0.15, 0.2) is 0 Å². The number of piperidine rings is 1. The van der Waals surface area contributed by atoms with Crippen molar-refractivity contribution in [3.05, 3.63) is 16.4 Å². The van der Waals surface area contributed by atoms with Gasteiger partial charge in [0.05, 0.1) is 16.4 Å². The molecular weight excluding hydrogens is 272 g/mol. The van der Waals surface area contributed by atoms with Crippen molar-refractivity contribution < 1.29 is 0 Å². The van der Waals surface area contributed by atoms with E-state index in [0.29, 0.717) is 6.04 Å². The van der Waals surface area contributed by atoms with Crippen molar-refractivity contribution in [2.75, 3.05) is 20.1 Å². The lowest BCUT2D eigenvalue weighted by Crippen LogP contribution is -2.43. The first kappa shape index (κ1) is 15.8. The first-order valence-electron chi connectivity index (χ1n) is 7.82. The van der Waals surface area contributed by atoms with Gasteiger partial charge in [0.25, 0.3) is 0 Å². The minimum atomic E-state index is 0.658. The summed E-state index contributed by atoms with van der Waals surface area (Å²) in [5, 5.41) is 8.98. The molecule has 1 aliphatic rings. The van der Waals surface area contributed by atoms with Gasteiger partial charge in [-0.1, -0.05) is 24.9 Å². The van der Waals surface area contributed by atoms with Gasteiger partial charge in [0.2, 0.25) is 0 Å². The third-order valence-corrected chi connectivity index (χ3v) is 4.72. The SMILES string of the molecule is CCc1nn(CC)c(CNCC2CCCCN2C)c1Cl. The van der Waals surface area contributed by atoms with Crippen molar-refractivity contribution in [1.29, 1.82) is 0 Å². The van der Waals surface area contributed by atoms with E-state index in [1.165, 1.54) is 25.8 Å². The fourth-order valence-electron chi connectivity index (χ4n) is 2.95. The van der Waals surface area contributed by atoms with Crippen LogP contribution < -0.4 is 5.32 Å². The lowest BCUT2D eigenvalue weighted by molar-refractivity contribution is 0.181. The minimum absolute atomic E-state index is 0.658. The molecule has 2 rings (SSSR count). The Morgan fingerprint density at radius 1 is 1.35 bits per heavy atom. The summed E-state index contributed by atoms with van der Waals surface area (Å²) in [5.74, 6) is 0. The molecule has 20 heavy (non-hydrogen) atoms. The van der Waals surface area contributed by atoms with Gasteiger partial charge >= 0.3 is 0 Å². The van der Waals surface area contributed by atoms with Crippen LogP contribution in [0.3, 0.4) is 0 Å². The van der Waals surface area contributed by atoms with Crippen molar-refractivity contribution in [3.63, 3.8) is 0 Å². The molecule has 1 aromatic rings. The molecule has 0 radical (unpaired) electrons. The molecule has 1 aromatic heterocycles. The van der Waals surface area contributed by atoms with E-state index in [2.05, 4.69) is 36.2 Å². The summed E-state index contributed by atoms with van der Waals surface area (Å²) >= 11 is 6.42. The summed E-state index contributed by atoms with van der Waals surface area (Å²) in [5.41, 5.74) is 2.14. The molecule has 1 fully saturated rings. The number of hydrogen-bond acceptors (Lipinski definition) is 3. The largest absolute Gasteiger partial charge is 0.310 e. The predicted octanol–water partition coefficient (Wildman–Crippen LogP) is 2.69. The summed E-state index contributed by atoms with van der Waals surface area (Å²) < 4.78 is 2.03. The molecule has 1 saturated heterocycles. The molecule has 1 unspecified atom stereocenters. The van der Waals surface area contributed by atoms with Crippen LogP contribution in [0.1, 0.15) is 44.5 Å². The third kappa shape index (κ3) is 3.54. The first-order chi connectivity index (χ1) is 9.67. The van der Waals surface area contributed by atoms with Crippen molar-refractivity contribution >= 4 is 11.6 Å². The maximum Gasteiger partial charge on any atom is 0.0863 e. The van der Waals surface area contributed by atoms with Gasteiger partial charge in [-0.15, -0.1) is 0 Å². The number of aromatic nitrogens is 2. The van der Waals surface area contributed by atoms with E-state index in [9.17, 15) is 0 Å². The summed E-state index contributed by atoms with van der Waals surface area (Å²) in [6.07, 6.45) is 4.88. The molecule has 0 saturated carbocycles. The highest BCUT2D eigenvalue weighted by atomic mass is 35.5. The molecule has 0 aromatic carbocycles. The van der Waals surface area contributed by atoms with E-state index in [1.807, 2.05) is 4.68 Å². The second-order valence-electron chi connectivity index (χ2n) is 5.64. The van der Waals surface area contributed by atoms with E-state index >= 15 is 0 Å². The van der Waals surface area contributed by atoms with Crippen LogP contribution in [-0.2, 0) is 19.5 Å². The number of likely N-dealkylation sites (N-methyl/N-ethyl adjacent to an activating group) is 1. The van der Waals surface area contributed by atoms with Crippen LogP contribution in [0.4, 0.5) is 0 Å². The Labute approximate surface area is 127 Å². The third-order valence-electron chi connectivity index (χ3n) is 4.29. The Hall–Kier alpha value is -0.580. The van der Waals surface area contributed by atoms with Gasteiger partial charge < -0.3 is 10.2 Å². The molecule has 1 atom stereocenters. The molecule has 2 heterocycles. The van der Waals surface area contributed by atoms with Crippen LogP contribution in [-0.4, -0.2) is 40.9 Å². The highest BCUT2D eigenvalue weighted by molar-refractivity contribution is 6.31. The minimum Gasteiger partial charge on any atom is -0.310 e. The molecule has 0 spiro atoms. The van der Waals surface area contributed by atoms with Gasteiger partial charge in [0.15, 0.2) is 0 Å². The van der Waals surface area contributed by atoms with E-state index < -0.39 is 0 Å². The monoisotopic (exact) mass is 298 g/mol. The van der Waals surface area contributed by atoms with Crippen LogP contribution in [0.2, 0.25) is 5.02 Å². The zero-order valence-corrected chi connectivity index (χ0v) is 13.7. The Morgan fingerprint density at radius 2 is 2.15 bits per heavy atom. The summed E-state index contributed by atoms with van der Waals surface area (Å²) in [6, 6.07) is 0.658. The molecule has 114 valence electrons. The predicted molar refractivity (Wildman–Crippen MR) is 84.3 cm³/mol. The average molecular weight is 299 g/mol. The van der Waals surface area contributed by atoms with Gasteiger partial charge in [-0.3, -0.25) is 4.68 Å². The molecular formula is C15H27ClN4. The molecule has 4 nitrogen and oxygen atoms in total. The van der Waals surface area contributed by atoms with Gasteiger partial charge in [-0.05, 0) is 39.8 Å². The normalized spacial score (nSPS) is 20.5.